The Labute approximate surface area is 193 Å². The van der Waals surface area contributed by atoms with Crippen LogP contribution in [0.5, 0.6) is 0 Å². The van der Waals surface area contributed by atoms with Crippen molar-refractivity contribution in [3.63, 3.8) is 0 Å². The van der Waals surface area contributed by atoms with Crippen LogP contribution in [0, 0.1) is 12.8 Å². The summed E-state index contributed by atoms with van der Waals surface area (Å²) < 4.78 is 0. The van der Waals surface area contributed by atoms with Crippen molar-refractivity contribution >= 4 is 28.4 Å². The number of pyridine rings is 1. The first-order valence-corrected chi connectivity index (χ1v) is 11.8. The Balaban J connectivity index is 1.53. The highest BCUT2D eigenvalue weighted by atomic mass is 16.2. The molecule has 0 saturated carbocycles. The van der Waals surface area contributed by atoms with Gasteiger partial charge in [0.1, 0.15) is 11.5 Å². The van der Waals surface area contributed by atoms with Crippen LogP contribution >= 0.6 is 0 Å². The van der Waals surface area contributed by atoms with E-state index in [1.165, 1.54) is 0 Å². The fraction of sp³-hybridized carbons (Fsp3) is 0.423. The molecule has 1 aromatic carbocycles. The monoisotopic (exact) mass is 443 g/mol. The Bertz CT molecular complexity index is 1230. The number of hydrogen-bond donors (Lipinski definition) is 0. The molecule has 170 valence electrons. The molecule has 2 aromatic heterocycles. The van der Waals surface area contributed by atoms with Gasteiger partial charge in [0, 0.05) is 42.4 Å². The lowest BCUT2D eigenvalue weighted by Crippen LogP contribution is -2.40. The van der Waals surface area contributed by atoms with Crippen LogP contribution in [-0.4, -0.2) is 44.8 Å². The van der Waals surface area contributed by atoms with Crippen LogP contribution in [0.15, 0.2) is 36.5 Å². The summed E-state index contributed by atoms with van der Waals surface area (Å²) in [5.74, 6) is 1.70. The maximum Gasteiger partial charge on any atom is 0.273 e. The number of likely N-dealkylation sites (tertiary alicyclic amines) is 1. The largest absolute Gasteiger partial charge is 0.327 e. The van der Waals surface area contributed by atoms with Gasteiger partial charge in [-0.3, -0.25) is 19.5 Å². The van der Waals surface area contributed by atoms with E-state index < -0.39 is 0 Å². The zero-order valence-electron chi connectivity index (χ0n) is 19.4. The van der Waals surface area contributed by atoms with Crippen molar-refractivity contribution in [1.29, 1.82) is 0 Å². The van der Waals surface area contributed by atoms with E-state index in [0.29, 0.717) is 43.4 Å². The first-order valence-electron chi connectivity index (χ1n) is 11.8. The maximum atomic E-state index is 13.6. The normalized spacial score (nSPS) is 18.3. The van der Waals surface area contributed by atoms with Crippen LogP contribution < -0.4 is 4.90 Å². The number of aromatic nitrogens is 3. The second kappa shape index (κ2) is 8.54. The number of rotatable bonds is 4. The van der Waals surface area contributed by atoms with Crippen molar-refractivity contribution in [2.45, 2.75) is 52.5 Å². The number of amides is 2. The minimum atomic E-state index is -0.222. The highest BCUT2D eigenvalue weighted by Gasteiger charge is 2.36. The number of aryl methyl sites for hydroxylation is 1. The molecule has 2 amide bonds. The molecule has 0 N–H and O–H groups in total. The number of anilines is 1. The van der Waals surface area contributed by atoms with Crippen LogP contribution in [0.25, 0.3) is 10.8 Å². The topological polar surface area (TPSA) is 79.3 Å². The molecular weight excluding hydrogens is 414 g/mol. The Morgan fingerprint density at radius 2 is 1.97 bits per heavy atom. The molecule has 3 aromatic rings. The molecule has 0 spiro atoms. The molecule has 7 heteroatoms. The molecule has 2 aliphatic heterocycles. The zero-order chi connectivity index (χ0) is 23.1. The predicted molar refractivity (Wildman–Crippen MR) is 127 cm³/mol. The van der Waals surface area contributed by atoms with Gasteiger partial charge in [-0.25, -0.2) is 9.97 Å². The van der Waals surface area contributed by atoms with Gasteiger partial charge < -0.3 is 4.90 Å². The van der Waals surface area contributed by atoms with E-state index >= 15 is 0 Å². The summed E-state index contributed by atoms with van der Waals surface area (Å²) >= 11 is 0. The molecule has 5 rings (SSSR count). The molecule has 1 fully saturated rings. The van der Waals surface area contributed by atoms with Gasteiger partial charge in [0.25, 0.3) is 5.91 Å². The molecule has 4 heterocycles. The van der Waals surface area contributed by atoms with Crippen molar-refractivity contribution in [2.75, 3.05) is 18.0 Å². The lowest BCUT2D eigenvalue weighted by atomic mass is 10.0. The minimum absolute atomic E-state index is 0.0941. The van der Waals surface area contributed by atoms with E-state index in [4.69, 9.17) is 9.97 Å². The van der Waals surface area contributed by atoms with E-state index in [9.17, 15) is 9.59 Å². The smallest absolute Gasteiger partial charge is 0.273 e. The molecule has 2 aliphatic rings. The zero-order valence-corrected chi connectivity index (χ0v) is 19.4. The van der Waals surface area contributed by atoms with E-state index in [2.05, 4.69) is 18.8 Å². The molecule has 1 saturated heterocycles. The first-order chi connectivity index (χ1) is 15.9. The number of carbonyl (C=O) groups excluding carboxylic acids is 2. The van der Waals surface area contributed by atoms with Crippen molar-refractivity contribution in [1.82, 2.24) is 19.9 Å². The fourth-order valence-electron chi connectivity index (χ4n) is 5.01. The standard InChI is InChI=1S/C26H29N5O2/c1-16(2)15-31-22(32)11-10-19-17(3)28-24(29-25(19)31)21-9-6-14-30(21)26(33)23-20-8-5-4-7-18(20)12-13-27-23/h4-5,7-8,12-13,16,21H,6,9-11,14-15H2,1-3H3/t21-/m1/s1. The molecule has 33 heavy (non-hydrogen) atoms. The molecule has 7 nitrogen and oxygen atoms in total. The van der Waals surface area contributed by atoms with Gasteiger partial charge in [0.05, 0.1) is 6.04 Å². The van der Waals surface area contributed by atoms with Crippen molar-refractivity contribution in [2.24, 2.45) is 5.92 Å². The molecular formula is C26H29N5O2. The van der Waals surface area contributed by atoms with Crippen LogP contribution in [0.1, 0.15) is 66.7 Å². The van der Waals surface area contributed by atoms with Gasteiger partial charge in [-0.05, 0) is 43.6 Å². The average molecular weight is 444 g/mol. The third kappa shape index (κ3) is 3.86. The highest BCUT2D eigenvalue weighted by Crippen LogP contribution is 2.36. The summed E-state index contributed by atoms with van der Waals surface area (Å²) in [4.78, 5) is 44.2. The van der Waals surface area contributed by atoms with Gasteiger partial charge in [0.2, 0.25) is 5.91 Å². The van der Waals surface area contributed by atoms with Crippen LogP contribution in [0.3, 0.4) is 0 Å². The van der Waals surface area contributed by atoms with Crippen molar-refractivity contribution in [3.8, 4) is 0 Å². The van der Waals surface area contributed by atoms with E-state index in [0.717, 1.165) is 40.7 Å². The number of benzene rings is 1. The number of fused-ring (bicyclic) bond motifs is 2. The van der Waals surface area contributed by atoms with Crippen LogP contribution in [-0.2, 0) is 11.2 Å². The van der Waals surface area contributed by atoms with Gasteiger partial charge in [0.15, 0.2) is 5.82 Å². The third-order valence-electron chi connectivity index (χ3n) is 6.59. The fourth-order valence-corrected chi connectivity index (χ4v) is 5.01. The summed E-state index contributed by atoms with van der Waals surface area (Å²) in [5.41, 5.74) is 2.41. The van der Waals surface area contributed by atoms with E-state index in [-0.39, 0.29) is 17.9 Å². The van der Waals surface area contributed by atoms with Crippen molar-refractivity contribution < 1.29 is 9.59 Å². The summed E-state index contributed by atoms with van der Waals surface area (Å²) in [7, 11) is 0. The SMILES string of the molecule is Cc1nc([C@H]2CCCN2C(=O)c2nccc3ccccc23)nc2c1CCC(=O)N2CC(C)C. The van der Waals surface area contributed by atoms with Crippen LogP contribution in [0.2, 0.25) is 0 Å². The molecule has 0 bridgehead atoms. The first kappa shape index (κ1) is 21.5. The molecule has 0 unspecified atom stereocenters. The quantitative estimate of drug-likeness (QED) is 0.602. The molecule has 0 radical (unpaired) electrons. The lowest BCUT2D eigenvalue weighted by molar-refractivity contribution is -0.119. The Morgan fingerprint density at radius 1 is 1.15 bits per heavy atom. The number of carbonyl (C=O) groups is 2. The predicted octanol–water partition coefficient (Wildman–Crippen LogP) is 4.25. The Morgan fingerprint density at radius 3 is 2.79 bits per heavy atom. The Kier molecular flexibility index (Phi) is 5.56. The Hall–Kier alpha value is -3.35. The second-order valence-electron chi connectivity index (χ2n) is 9.40. The molecule has 0 aliphatic carbocycles. The average Bonchev–Trinajstić information content (AvgIpc) is 3.30. The van der Waals surface area contributed by atoms with E-state index in [1.54, 1.807) is 6.20 Å². The number of hydrogen-bond acceptors (Lipinski definition) is 5. The van der Waals surface area contributed by atoms with Gasteiger partial charge in [-0.1, -0.05) is 38.1 Å². The molecule has 1 atom stereocenters. The van der Waals surface area contributed by atoms with Gasteiger partial charge in [-0.2, -0.15) is 0 Å². The van der Waals surface area contributed by atoms with Gasteiger partial charge >= 0.3 is 0 Å². The summed E-state index contributed by atoms with van der Waals surface area (Å²) in [6.45, 7) is 7.47. The van der Waals surface area contributed by atoms with Gasteiger partial charge in [-0.15, -0.1) is 0 Å². The highest BCUT2D eigenvalue weighted by molar-refractivity contribution is 6.05. The second-order valence-corrected chi connectivity index (χ2v) is 9.40. The summed E-state index contributed by atoms with van der Waals surface area (Å²) in [6, 6.07) is 9.52. The maximum absolute atomic E-state index is 13.6. The number of nitrogens with zero attached hydrogens (tertiary/aromatic N) is 5. The van der Waals surface area contributed by atoms with E-state index in [1.807, 2.05) is 47.1 Å². The summed E-state index contributed by atoms with van der Waals surface area (Å²) in [6.07, 6.45) is 4.53. The van der Waals surface area contributed by atoms with Crippen molar-refractivity contribution in [3.05, 3.63) is 59.3 Å². The third-order valence-corrected chi connectivity index (χ3v) is 6.59. The minimum Gasteiger partial charge on any atom is -0.327 e. The summed E-state index contributed by atoms with van der Waals surface area (Å²) in [5, 5.41) is 1.85. The van der Waals surface area contributed by atoms with Crippen LogP contribution in [0.4, 0.5) is 5.82 Å². The lowest BCUT2D eigenvalue weighted by Gasteiger charge is -2.32.